The van der Waals surface area contributed by atoms with Crippen molar-refractivity contribution in [3.05, 3.63) is 11.6 Å². The van der Waals surface area contributed by atoms with Crippen LogP contribution in [0.2, 0.25) is 0 Å². The molecule has 0 aromatic heterocycles. The summed E-state index contributed by atoms with van der Waals surface area (Å²) in [7, 11) is 1.71. The second-order valence-corrected chi connectivity index (χ2v) is 23.4. The number of aliphatic hydroxyl groups is 9. The average Bonchev–Trinajstić information content (AvgIpc) is 3.28. The third kappa shape index (κ3) is 7.91. The quantitative estimate of drug-likeness (QED) is 0.110. The zero-order valence-corrected chi connectivity index (χ0v) is 40.7. The van der Waals surface area contributed by atoms with E-state index in [0.717, 1.165) is 24.8 Å². The van der Waals surface area contributed by atoms with Crippen LogP contribution in [-0.4, -0.2) is 182 Å². The van der Waals surface area contributed by atoms with Crippen LogP contribution in [-0.2, 0) is 47.5 Å². The van der Waals surface area contributed by atoms with Crippen molar-refractivity contribution >= 4 is 17.5 Å². The van der Waals surface area contributed by atoms with E-state index >= 15 is 4.79 Å². The summed E-state index contributed by atoms with van der Waals surface area (Å²) in [5, 5.41) is 96.6. The summed E-state index contributed by atoms with van der Waals surface area (Å²) in [4.78, 5) is 42.5. The number of rotatable bonds is 9. The van der Waals surface area contributed by atoms with Crippen LogP contribution in [0.1, 0.15) is 107 Å². The number of hydrogen-bond donors (Lipinski definition) is 9. The average molecular weight is 969 g/mol. The smallest absolute Gasteiger partial charge is 0.315 e. The van der Waals surface area contributed by atoms with Crippen molar-refractivity contribution in [3.8, 4) is 0 Å². The predicted octanol–water partition coefficient (Wildman–Crippen LogP) is 0.180. The molecule has 0 amide bonds. The molecule has 19 nitrogen and oxygen atoms in total. The number of carbonyl (C=O) groups excluding carboxylic acids is 3. The Labute approximate surface area is 397 Å². The minimum absolute atomic E-state index is 0.0583. The molecule has 8 rings (SSSR count). The number of methoxy groups -OCH3 is 1. The first-order valence-corrected chi connectivity index (χ1v) is 24.5. The third-order valence-corrected chi connectivity index (χ3v) is 19.2. The van der Waals surface area contributed by atoms with Crippen LogP contribution in [0.3, 0.4) is 0 Å². The number of esters is 1. The molecule has 386 valence electrons. The van der Waals surface area contributed by atoms with E-state index in [0.29, 0.717) is 25.0 Å². The largest absolute Gasteiger partial charge is 0.432 e. The maximum atomic E-state index is 15.1. The molecule has 4 saturated carbocycles. The van der Waals surface area contributed by atoms with E-state index in [-0.39, 0.29) is 47.4 Å². The lowest BCUT2D eigenvalue weighted by Gasteiger charge is -2.71. The highest BCUT2D eigenvalue weighted by atomic mass is 16.8. The maximum absolute atomic E-state index is 15.1. The van der Waals surface area contributed by atoms with Gasteiger partial charge in [0.2, 0.25) is 6.29 Å². The number of aliphatic hydroxyl groups excluding tert-OH is 9. The van der Waals surface area contributed by atoms with Gasteiger partial charge in [-0.1, -0.05) is 60.1 Å². The van der Waals surface area contributed by atoms with E-state index in [1.165, 1.54) is 6.92 Å². The van der Waals surface area contributed by atoms with Crippen LogP contribution in [0.4, 0.5) is 0 Å². The third-order valence-electron chi connectivity index (χ3n) is 19.2. The summed E-state index contributed by atoms with van der Waals surface area (Å²) in [6.07, 6.45) is -19.1. The summed E-state index contributed by atoms with van der Waals surface area (Å²) >= 11 is 0. The molecule has 8 aliphatic rings. The molecule has 3 aliphatic heterocycles. The van der Waals surface area contributed by atoms with Crippen molar-refractivity contribution in [1.82, 2.24) is 0 Å². The van der Waals surface area contributed by atoms with Crippen LogP contribution in [0.5, 0.6) is 0 Å². The van der Waals surface area contributed by atoms with Crippen molar-refractivity contribution in [1.29, 1.82) is 0 Å². The van der Waals surface area contributed by atoms with E-state index in [9.17, 15) is 55.5 Å². The summed E-state index contributed by atoms with van der Waals surface area (Å²) in [5.41, 5.74) is -2.61. The first-order chi connectivity index (χ1) is 31.6. The molecule has 23 atom stereocenters. The number of Topliss-reactive ketones (excluding diaryl/α,β-unsaturated/α-hetero) is 2. The van der Waals surface area contributed by atoms with Gasteiger partial charge >= 0.3 is 5.97 Å². The molecule has 9 N–H and O–H groups in total. The van der Waals surface area contributed by atoms with E-state index < -0.39 is 139 Å². The molecule has 3 saturated heterocycles. The van der Waals surface area contributed by atoms with Gasteiger partial charge in [-0.2, -0.15) is 0 Å². The Morgan fingerprint density at radius 1 is 0.735 bits per heavy atom. The summed E-state index contributed by atoms with van der Waals surface area (Å²) in [6.45, 7) is 14.9. The van der Waals surface area contributed by atoms with E-state index in [4.69, 9.17) is 33.2 Å². The lowest BCUT2D eigenvalue weighted by Crippen LogP contribution is -2.68. The van der Waals surface area contributed by atoms with E-state index in [1.807, 2.05) is 13.8 Å². The van der Waals surface area contributed by atoms with Gasteiger partial charge < -0.3 is 79.1 Å². The van der Waals surface area contributed by atoms with Gasteiger partial charge in [0.05, 0.1) is 30.8 Å². The predicted molar refractivity (Wildman–Crippen MR) is 234 cm³/mol. The molecule has 5 aliphatic carbocycles. The van der Waals surface area contributed by atoms with Crippen LogP contribution in [0, 0.1) is 50.2 Å². The molecule has 5 unspecified atom stereocenters. The van der Waals surface area contributed by atoms with Gasteiger partial charge in [0.15, 0.2) is 12.6 Å². The first kappa shape index (κ1) is 52.3. The molecular formula is C49H76O19. The molecule has 0 bridgehead atoms. The van der Waals surface area contributed by atoms with E-state index in [2.05, 4.69) is 40.7 Å². The van der Waals surface area contributed by atoms with Gasteiger partial charge in [-0.25, -0.2) is 0 Å². The van der Waals surface area contributed by atoms with Gasteiger partial charge in [-0.15, -0.1) is 0 Å². The van der Waals surface area contributed by atoms with Crippen LogP contribution >= 0.6 is 0 Å². The second kappa shape index (κ2) is 18.2. The fourth-order valence-electron chi connectivity index (χ4n) is 14.7. The van der Waals surface area contributed by atoms with Crippen LogP contribution in [0.15, 0.2) is 11.6 Å². The Balaban J connectivity index is 1.01. The zero-order chi connectivity index (χ0) is 50.0. The van der Waals surface area contributed by atoms with Gasteiger partial charge in [0.1, 0.15) is 78.7 Å². The number of allylic oxidation sites excluding steroid dienone is 1. The molecule has 7 fully saturated rings. The highest BCUT2D eigenvalue weighted by Crippen LogP contribution is 2.75. The zero-order valence-electron chi connectivity index (χ0n) is 40.7. The van der Waals surface area contributed by atoms with Crippen molar-refractivity contribution in [3.63, 3.8) is 0 Å². The fraction of sp³-hybridized carbons (Fsp3) is 0.898. The van der Waals surface area contributed by atoms with Crippen LogP contribution in [0.25, 0.3) is 0 Å². The standard InChI is InChI=1S/C49H76O19/c1-21-30(53)32(55)35(58)41(64-21)67-38-25(19-50)65-40(37(60)34(38)57)63-20-26-31(54)33(56)36(59)42(66-26)68-43(61)49-15-14-47(7)22(23(49)17-44(2,3)29(52)18-49)16-24(62-9)39-46(6)12-11-28(51)45(4,5)27(46)10-13-48(39,47)8/h16,21,23-27,30-42,50,53-60H,10-15,17-20H2,1-9H3/t21?,23-,24-,25-,26-,27+,30?,31-,32?,33+,34-,35?,36-,37-,38-,39-,40-,41?,42+,46+,47-,48-,49-/m1/s1. The minimum Gasteiger partial charge on any atom is -0.432 e. The molecule has 0 radical (unpaired) electrons. The molecule has 3 heterocycles. The number of ether oxygens (including phenoxy) is 7. The Hall–Kier alpha value is -2.05. The molecule has 0 aromatic carbocycles. The van der Waals surface area contributed by atoms with Crippen molar-refractivity contribution in [2.75, 3.05) is 20.3 Å². The van der Waals surface area contributed by atoms with E-state index in [1.54, 1.807) is 7.11 Å². The second-order valence-electron chi connectivity index (χ2n) is 23.4. The SMILES string of the molecule is CO[C@@H]1C=C2[C@H]3CC(C)(C)C(=O)C[C@]3(C(=O)O[C@@H]3O[C@H](CO[C@@H]4O[C@H](CO)[C@@H](OC5OC(C)C(O)C(O)C5O)[C@H](O)[C@H]4O)[C@@H](O)[C@H](O)[C@H]3O)CC[C@@]2(C)[C@]2(C)CC[C@H]3C(C)(C)C(=O)CC[C@]3(C)[C@@H]12. The Kier molecular flexibility index (Phi) is 14.0. The van der Waals surface area contributed by atoms with Crippen molar-refractivity contribution in [2.45, 2.75) is 205 Å². The van der Waals surface area contributed by atoms with Crippen molar-refractivity contribution < 1.29 is 93.5 Å². The lowest BCUT2D eigenvalue weighted by molar-refractivity contribution is -0.361. The molecule has 19 heteroatoms. The highest BCUT2D eigenvalue weighted by Gasteiger charge is 2.72. The van der Waals surface area contributed by atoms with Crippen molar-refractivity contribution in [2.24, 2.45) is 50.2 Å². The summed E-state index contributed by atoms with van der Waals surface area (Å²) < 4.78 is 41.0. The normalized spacial score (nSPS) is 52.1. The van der Waals surface area contributed by atoms with Gasteiger partial charge in [0.25, 0.3) is 0 Å². The Bertz CT molecular complexity index is 1960. The van der Waals surface area contributed by atoms with Gasteiger partial charge in [0, 0.05) is 36.7 Å². The monoisotopic (exact) mass is 968 g/mol. The molecule has 0 spiro atoms. The number of carbonyl (C=O) groups is 3. The molecule has 0 aromatic rings. The molecule has 68 heavy (non-hydrogen) atoms. The number of ketones is 2. The number of hydrogen-bond acceptors (Lipinski definition) is 19. The number of fused-ring (bicyclic) bond motifs is 7. The topological polar surface area (TPSA) is 298 Å². The molecular weight excluding hydrogens is 893 g/mol. The lowest BCUT2D eigenvalue weighted by atomic mass is 9.33. The fourth-order valence-corrected chi connectivity index (χ4v) is 14.7. The highest BCUT2D eigenvalue weighted by molar-refractivity contribution is 5.93. The summed E-state index contributed by atoms with van der Waals surface area (Å²) in [5.74, 6) is -0.905. The minimum atomic E-state index is -1.94. The maximum Gasteiger partial charge on any atom is 0.315 e. The Morgan fingerprint density at radius 3 is 2.03 bits per heavy atom. The first-order valence-electron chi connectivity index (χ1n) is 24.5. The summed E-state index contributed by atoms with van der Waals surface area (Å²) in [6, 6.07) is 0. The van der Waals surface area contributed by atoms with Crippen LogP contribution < -0.4 is 0 Å². The van der Waals surface area contributed by atoms with Gasteiger partial charge in [-0.05, 0) is 73.5 Å². The Morgan fingerprint density at radius 2 is 1.37 bits per heavy atom. The van der Waals surface area contributed by atoms with Gasteiger partial charge in [-0.3, -0.25) is 14.4 Å².